The summed E-state index contributed by atoms with van der Waals surface area (Å²) in [6.07, 6.45) is 0. The molecule has 0 fully saturated rings. The van der Waals surface area contributed by atoms with Crippen LogP contribution >= 0.6 is 22.9 Å². The van der Waals surface area contributed by atoms with Gasteiger partial charge in [-0.25, -0.2) is 4.98 Å². The molecule has 0 radical (unpaired) electrons. The SMILES string of the molecule is CCNC(C)c1csc(N(C)Cc2ccc(Cl)cc2)n1. The van der Waals surface area contributed by atoms with Crippen molar-refractivity contribution >= 4 is 28.1 Å². The van der Waals surface area contributed by atoms with Gasteiger partial charge in [-0.05, 0) is 31.2 Å². The summed E-state index contributed by atoms with van der Waals surface area (Å²) in [7, 11) is 2.06. The topological polar surface area (TPSA) is 28.2 Å². The van der Waals surface area contributed by atoms with Gasteiger partial charge in [0, 0.05) is 30.0 Å². The molecule has 1 N–H and O–H groups in total. The highest BCUT2D eigenvalue weighted by Crippen LogP contribution is 2.24. The van der Waals surface area contributed by atoms with Crippen molar-refractivity contribution in [2.24, 2.45) is 0 Å². The van der Waals surface area contributed by atoms with Crippen molar-refractivity contribution in [1.29, 1.82) is 0 Å². The highest BCUT2D eigenvalue weighted by molar-refractivity contribution is 7.13. The predicted molar refractivity (Wildman–Crippen MR) is 87.8 cm³/mol. The molecule has 0 aliphatic carbocycles. The first-order valence-electron chi connectivity index (χ1n) is 6.74. The molecule has 0 aliphatic rings. The Bertz CT molecular complexity index is 538. The molecule has 0 saturated heterocycles. The van der Waals surface area contributed by atoms with Crippen molar-refractivity contribution in [2.75, 3.05) is 18.5 Å². The molecular formula is C15H20ClN3S. The summed E-state index contributed by atoms with van der Waals surface area (Å²) in [5, 5.41) is 7.32. The van der Waals surface area contributed by atoms with E-state index in [-0.39, 0.29) is 0 Å². The number of thiazole rings is 1. The van der Waals surface area contributed by atoms with Gasteiger partial charge in [-0.1, -0.05) is 30.7 Å². The van der Waals surface area contributed by atoms with Crippen LogP contribution in [0.5, 0.6) is 0 Å². The van der Waals surface area contributed by atoms with Crippen molar-refractivity contribution in [1.82, 2.24) is 10.3 Å². The number of halogens is 1. The molecular weight excluding hydrogens is 290 g/mol. The molecule has 0 aliphatic heterocycles. The van der Waals surface area contributed by atoms with Crippen molar-refractivity contribution < 1.29 is 0 Å². The van der Waals surface area contributed by atoms with Gasteiger partial charge in [0.25, 0.3) is 0 Å². The summed E-state index contributed by atoms with van der Waals surface area (Å²) in [4.78, 5) is 6.86. The van der Waals surface area contributed by atoms with Crippen LogP contribution in [-0.2, 0) is 6.54 Å². The van der Waals surface area contributed by atoms with Gasteiger partial charge >= 0.3 is 0 Å². The van der Waals surface area contributed by atoms with E-state index in [1.807, 2.05) is 12.1 Å². The van der Waals surface area contributed by atoms with Crippen molar-refractivity contribution in [3.8, 4) is 0 Å². The molecule has 20 heavy (non-hydrogen) atoms. The zero-order valence-electron chi connectivity index (χ0n) is 12.1. The van der Waals surface area contributed by atoms with Crippen LogP contribution in [0.25, 0.3) is 0 Å². The van der Waals surface area contributed by atoms with E-state index >= 15 is 0 Å². The number of benzene rings is 1. The largest absolute Gasteiger partial charge is 0.347 e. The molecule has 0 bridgehead atoms. The number of anilines is 1. The Hall–Kier alpha value is -1.10. The summed E-state index contributed by atoms with van der Waals surface area (Å²) in [5.41, 5.74) is 2.34. The van der Waals surface area contributed by atoms with E-state index in [0.29, 0.717) is 6.04 Å². The molecule has 2 rings (SSSR count). The Balaban J connectivity index is 2.02. The van der Waals surface area contributed by atoms with Gasteiger partial charge in [0.05, 0.1) is 5.69 Å². The van der Waals surface area contributed by atoms with E-state index < -0.39 is 0 Å². The van der Waals surface area contributed by atoms with Gasteiger partial charge in [0.1, 0.15) is 0 Å². The Morgan fingerprint density at radius 1 is 1.35 bits per heavy atom. The Kier molecular flexibility index (Phi) is 5.40. The highest BCUT2D eigenvalue weighted by Gasteiger charge is 2.11. The van der Waals surface area contributed by atoms with Crippen LogP contribution in [-0.4, -0.2) is 18.6 Å². The molecule has 1 unspecified atom stereocenters. The molecule has 1 heterocycles. The molecule has 3 nitrogen and oxygen atoms in total. The Morgan fingerprint density at radius 3 is 2.70 bits per heavy atom. The van der Waals surface area contributed by atoms with E-state index in [1.165, 1.54) is 5.56 Å². The van der Waals surface area contributed by atoms with Crippen LogP contribution < -0.4 is 10.2 Å². The average molecular weight is 310 g/mol. The third-order valence-corrected chi connectivity index (χ3v) is 4.35. The lowest BCUT2D eigenvalue weighted by Gasteiger charge is -2.16. The molecule has 2 aromatic rings. The first-order valence-corrected chi connectivity index (χ1v) is 8.00. The predicted octanol–water partition coefficient (Wildman–Crippen LogP) is 4.10. The van der Waals surface area contributed by atoms with E-state index in [2.05, 4.69) is 48.6 Å². The standard InChI is InChI=1S/C15H20ClN3S/c1-4-17-11(2)14-10-20-15(18-14)19(3)9-12-5-7-13(16)8-6-12/h5-8,10-11,17H,4,9H2,1-3H3. The number of aromatic nitrogens is 1. The lowest BCUT2D eigenvalue weighted by molar-refractivity contribution is 0.586. The zero-order valence-corrected chi connectivity index (χ0v) is 13.6. The first kappa shape index (κ1) is 15.3. The fraction of sp³-hybridized carbons (Fsp3) is 0.400. The first-order chi connectivity index (χ1) is 9.60. The summed E-state index contributed by atoms with van der Waals surface area (Å²) in [6.45, 7) is 6.03. The fourth-order valence-corrected chi connectivity index (χ4v) is 3.00. The summed E-state index contributed by atoms with van der Waals surface area (Å²) in [5.74, 6) is 0. The van der Waals surface area contributed by atoms with Crippen LogP contribution in [0.2, 0.25) is 5.02 Å². The second-order valence-electron chi connectivity index (χ2n) is 4.82. The summed E-state index contributed by atoms with van der Waals surface area (Å²) >= 11 is 7.59. The second-order valence-corrected chi connectivity index (χ2v) is 6.09. The average Bonchev–Trinajstić information content (AvgIpc) is 2.91. The van der Waals surface area contributed by atoms with Gasteiger partial charge in [0.15, 0.2) is 5.13 Å². The maximum Gasteiger partial charge on any atom is 0.185 e. The number of hydrogen-bond donors (Lipinski definition) is 1. The molecule has 5 heteroatoms. The maximum atomic E-state index is 5.90. The van der Waals surface area contributed by atoms with Crippen molar-refractivity contribution in [3.63, 3.8) is 0 Å². The molecule has 0 amide bonds. The van der Waals surface area contributed by atoms with Crippen LogP contribution in [0, 0.1) is 0 Å². The number of hydrogen-bond acceptors (Lipinski definition) is 4. The van der Waals surface area contributed by atoms with Gasteiger partial charge in [-0.2, -0.15) is 0 Å². The third-order valence-electron chi connectivity index (χ3n) is 3.12. The third kappa shape index (κ3) is 3.95. The monoisotopic (exact) mass is 309 g/mol. The van der Waals surface area contributed by atoms with E-state index in [9.17, 15) is 0 Å². The molecule has 108 valence electrons. The second kappa shape index (κ2) is 7.07. The minimum absolute atomic E-state index is 0.300. The molecule has 0 spiro atoms. The normalized spacial score (nSPS) is 12.4. The quantitative estimate of drug-likeness (QED) is 0.870. The number of rotatable bonds is 6. The van der Waals surface area contributed by atoms with Crippen LogP contribution in [0.4, 0.5) is 5.13 Å². The van der Waals surface area contributed by atoms with Gasteiger partial charge < -0.3 is 10.2 Å². The van der Waals surface area contributed by atoms with Gasteiger partial charge in [-0.3, -0.25) is 0 Å². The summed E-state index contributed by atoms with van der Waals surface area (Å²) in [6, 6.07) is 8.24. The van der Waals surface area contributed by atoms with Crippen molar-refractivity contribution in [3.05, 3.63) is 45.9 Å². The van der Waals surface area contributed by atoms with Gasteiger partial charge in [0.2, 0.25) is 0 Å². The Morgan fingerprint density at radius 2 is 2.05 bits per heavy atom. The maximum absolute atomic E-state index is 5.90. The minimum atomic E-state index is 0.300. The smallest absolute Gasteiger partial charge is 0.185 e. The zero-order chi connectivity index (χ0) is 14.5. The molecule has 1 aromatic heterocycles. The number of nitrogens with one attached hydrogen (secondary N) is 1. The molecule has 1 atom stereocenters. The van der Waals surface area contributed by atoms with Crippen LogP contribution in [0.1, 0.15) is 31.1 Å². The van der Waals surface area contributed by atoms with Crippen LogP contribution in [0.15, 0.2) is 29.6 Å². The molecule has 1 aromatic carbocycles. The molecule has 0 saturated carbocycles. The van der Waals surface area contributed by atoms with E-state index in [0.717, 1.165) is 28.9 Å². The lowest BCUT2D eigenvalue weighted by Crippen LogP contribution is -2.19. The van der Waals surface area contributed by atoms with E-state index in [4.69, 9.17) is 16.6 Å². The summed E-state index contributed by atoms with van der Waals surface area (Å²) < 4.78 is 0. The van der Waals surface area contributed by atoms with E-state index in [1.54, 1.807) is 11.3 Å². The number of nitrogens with zero attached hydrogens (tertiary/aromatic N) is 2. The van der Waals surface area contributed by atoms with Crippen molar-refractivity contribution in [2.45, 2.75) is 26.4 Å². The minimum Gasteiger partial charge on any atom is -0.347 e. The Labute approximate surface area is 129 Å². The fourth-order valence-electron chi connectivity index (χ4n) is 1.99. The van der Waals surface area contributed by atoms with Crippen LogP contribution in [0.3, 0.4) is 0 Å². The van der Waals surface area contributed by atoms with Gasteiger partial charge in [-0.15, -0.1) is 11.3 Å². The lowest BCUT2D eigenvalue weighted by atomic mass is 10.2. The highest BCUT2D eigenvalue weighted by atomic mass is 35.5.